The lowest BCUT2D eigenvalue weighted by atomic mass is 10.2. The molecule has 0 aliphatic rings. The predicted molar refractivity (Wildman–Crippen MR) is 80.9 cm³/mol. The largest absolute Gasteiger partial charge is 0.282 e. The summed E-state index contributed by atoms with van der Waals surface area (Å²) >= 11 is 1.44. The van der Waals surface area contributed by atoms with Gasteiger partial charge in [0.25, 0.3) is 0 Å². The van der Waals surface area contributed by atoms with Crippen LogP contribution in [0.3, 0.4) is 0 Å². The van der Waals surface area contributed by atoms with E-state index in [0.29, 0.717) is 5.69 Å². The Hall–Kier alpha value is -1.53. The Balaban J connectivity index is 2.22. The molecular formula is C14H14FNO2S2. The molecule has 2 aromatic carbocycles. The van der Waals surface area contributed by atoms with Crippen LogP contribution in [0.2, 0.25) is 0 Å². The van der Waals surface area contributed by atoms with E-state index < -0.39 is 15.8 Å². The quantitative estimate of drug-likeness (QED) is 0.860. The first-order valence-corrected chi connectivity index (χ1v) is 8.76. The number of benzene rings is 2. The smallest absolute Gasteiger partial charge is 0.237 e. The molecule has 1 N–H and O–H groups in total. The molecule has 0 saturated carbocycles. The standard InChI is InChI=1S/C14H14FNO2S2/c1-19-14-9-5-4-8-13(14)16-20(17,18)10-11-6-2-3-7-12(11)15/h2-9,16H,10H2,1H3. The molecule has 2 aromatic rings. The van der Waals surface area contributed by atoms with Crippen molar-refractivity contribution in [2.45, 2.75) is 10.6 Å². The van der Waals surface area contributed by atoms with E-state index in [9.17, 15) is 12.8 Å². The van der Waals surface area contributed by atoms with Crippen LogP contribution in [-0.4, -0.2) is 14.7 Å². The normalized spacial score (nSPS) is 11.3. The van der Waals surface area contributed by atoms with Crippen LogP contribution in [0.1, 0.15) is 5.56 Å². The Kier molecular flexibility index (Phi) is 4.67. The molecule has 0 heterocycles. The monoisotopic (exact) mass is 311 g/mol. The van der Waals surface area contributed by atoms with Crippen LogP contribution in [0.5, 0.6) is 0 Å². The zero-order valence-electron chi connectivity index (χ0n) is 10.8. The highest BCUT2D eigenvalue weighted by Crippen LogP contribution is 2.26. The predicted octanol–water partition coefficient (Wildman–Crippen LogP) is 3.49. The van der Waals surface area contributed by atoms with Gasteiger partial charge < -0.3 is 0 Å². The third-order valence-corrected chi connectivity index (χ3v) is 4.69. The lowest BCUT2D eigenvalue weighted by molar-refractivity contribution is 0.591. The Morgan fingerprint density at radius 2 is 1.75 bits per heavy atom. The van der Waals surface area contributed by atoms with Gasteiger partial charge >= 0.3 is 0 Å². The molecule has 6 heteroatoms. The van der Waals surface area contributed by atoms with Crippen LogP contribution in [-0.2, 0) is 15.8 Å². The highest BCUT2D eigenvalue weighted by molar-refractivity contribution is 7.99. The highest BCUT2D eigenvalue weighted by atomic mass is 32.2. The Morgan fingerprint density at radius 3 is 2.45 bits per heavy atom. The first-order valence-electron chi connectivity index (χ1n) is 5.89. The first-order chi connectivity index (χ1) is 9.52. The third-order valence-electron chi connectivity index (χ3n) is 2.68. The second kappa shape index (κ2) is 6.28. The third kappa shape index (κ3) is 3.74. The molecule has 0 amide bonds. The van der Waals surface area contributed by atoms with Gasteiger partial charge in [0.1, 0.15) is 5.82 Å². The number of hydrogen-bond acceptors (Lipinski definition) is 3. The van der Waals surface area contributed by atoms with Gasteiger partial charge in [0.05, 0.1) is 11.4 Å². The van der Waals surface area contributed by atoms with E-state index in [1.54, 1.807) is 18.2 Å². The van der Waals surface area contributed by atoms with E-state index in [1.165, 1.54) is 30.0 Å². The summed E-state index contributed by atoms with van der Waals surface area (Å²) in [5.74, 6) is -0.904. The second-order valence-corrected chi connectivity index (χ2v) is 6.72. The molecule has 0 aliphatic carbocycles. The van der Waals surface area contributed by atoms with Crippen molar-refractivity contribution in [3.8, 4) is 0 Å². The van der Waals surface area contributed by atoms with Crippen molar-refractivity contribution in [3.05, 3.63) is 59.9 Å². The molecule has 0 unspecified atom stereocenters. The molecule has 0 atom stereocenters. The molecule has 106 valence electrons. The van der Waals surface area contributed by atoms with Gasteiger partial charge in [-0.25, -0.2) is 12.8 Å². The van der Waals surface area contributed by atoms with Crippen molar-refractivity contribution in [2.75, 3.05) is 11.0 Å². The molecule has 0 saturated heterocycles. The number of thioether (sulfide) groups is 1. The van der Waals surface area contributed by atoms with E-state index in [2.05, 4.69) is 4.72 Å². The average molecular weight is 311 g/mol. The van der Waals surface area contributed by atoms with Crippen molar-refractivity contribution in [2.24, 2.45) is 0 Å². The highest BCUT2D eigenvalue weighted by Gasteiger charge is 2.15. The summed E-state index contributed by atoms with van der Waals surface area (Å²) in [6, 6.07) is 13.0. The van der Waals surface area contributed by atoms with Crippen LogP contribution in [0.15, 0.2) is 53.4 Å². The Bertz CT molecular complexity index is 702. The van der Waals surface area contributed by atoms with Gasteiger partial charge in [-0.2, -0.15) is 0 Å². The SMILES string of the molecule is CSc1ccccc1NS(=O)(=O)Cc1ccccc1F. The fourth-order valence-corrected chi connectivity index (χ4v) is 3.60. The van der Waals surface area contributed by atoms with Crippen molar-refractivity contribution in [1.29, 1.82) is 0 Å². The van der Waals surface area contributed by atoms with E-state index >= 15 is 0 Å². The van der Waals surface area contributed by atoms with Gasteiger partial charge in [0, 0.05) is 10.5 Å². The molecule has 20 heavy (non-hydrogen) atoms. The summed E-state index contributed by atoms with van der Waals surface area (Å²) in [7, 11) is -3.65. The van der Waals surface area contributed by atoms with Crippen molar-refractivity contribution in [3.63, 3.8) is 0 Å². The molecule has 0 aliphatic heterocycles. The molecule has 0 aromatic heterocycles. The molecule has 0 bridgehead atoms. The number of halogens is 1. The fraction of sp³-hybridized carbons (Fsp3) is 0.143. The molecule has 3 nitrogen and oxygen atoms in total. The zero-order valence-corrected chi connectivity index (χ0v) is 12.5. The van der Waals surface area contributed by atoms with E-state index in [0.717, 1.165) is 4.90 Å². The minimum absolute atomic E-state index is 0.154. The Morgan fingerprint density at radius 1 is 1.10 bits per heavy atom. The Labute approximate surface area is 122 Å². The second-order valence-electron chi connectivity index (χ2n) is 4.15. The maximum absolute atomic E-state index is 13.5. The van der Waals surface area contributed by atoms with Gasteiger partial charge in [0.2, 0.25) is 10.0 Å². The molecule has 0 spiro atoms. The van der Waals surface area contributed by atoms with E-state index in [1.807, 2.05) is 18.4 Å². The minimum atomic E-state index is -3.65. The van der Waals surface area contributed by atoms with Gasteiger partial charge in [-0.05, 0) is 24.5 Å². The molecule has 0 fully saturated rings. The van der Waals surface area contributed by atoms with Crippen molar-refractivity contribution >= 4 is 27.5 Å². The van der Waals surface area contributed by atoms with Gasteiger partial charge in [0.15, 0.2) is 0 Å². The number of rotatable bonds is 5. The topological polar surface area (TPSA) is 46.2 Å². The zero-order chi connectivity index (χ0) is 14.6. The maximum atomic E-state index is 13.5. The summed E-state index contributed by atoms with van der Waals surface area (Å²) < 4.78 is 40.2. The molecule has 0 radical (unpaired) electrons. The summed E-state index contributed by atoms with van der Waals surface area (Å²) in [6.07, 6.45) is 1.87. The molecular weight excluding hydrogens is 297 g/mol. The van der Waals surface area contributed by atoms with Crippen LogP contribution < -0.4 is 4.72 Å². The van der Waals surface area contributed by atoms with Gasteiger partial charge in [-0.1, -0.05) is 30.3 Å². The van der Waals surface area contributed by atoms with Crippen molar-refractivity contribution < 1.29 is 12.8 Å². The molecule has 2 rings (SSSR count). The van der Waals surface area contributed by atoms with Crippen molar-refractivity contribution in [1.82, 2.24) is 0 Å². The lowest BCUT2D eigenvalue weighted by Gasteiger charge is -2.11. The summed E-state index contributed by atoms with van der Waals surface area (Å²) in [5, 5.41) is 0. The average Bonchev–Trinajstić information content (AvgIpc) is 2.41. The number of nitrogens with one attached hydrogen (secondary N) is 1. The van der Waals surface area contributed by atoms with E-state index in [4.69, 9.17) is 0 Å². The first kappa shape index (κ1) is 14.9. The van der Waals surface area contributed by atoms with Crippen LogP contribution >= 0.6 is 11.8 Å². The summed E-state index contributed by atoms with van der Waals surface area (Å²) in [6.45, 7) is 0. The number of hydrogen-bond donors (Lipinski definition) is 1. The van der Waals surface area contributed by atoms with Gasteiger partial charge in [-0.3, -0.25) is 4.72 Å². The summed E-state index contributed by atoms with van der Waals surface area (Å²) in [4.78, 5) is 0.824. The van der Waals surface area contributed by atoms with E-state index in [-0.39, 0.29) is 11.3 Å². The van der Waals surface area contributed by atoms with Crippen LogP contribution in [0, 0.1) is 5.82 Å². The number of anilines is 1. The van der Waals surface area contributed by atoms with Gasteiger partial charge in [-0.15, -0.1) is 11.8 Å². The number of para-hydroxylation sites is 1. The lowest BCUT2D eigenvalue weighted by Crippen LogP contribution is -2.16. The van der Waals surface area contributed by atoms with Crippen LogP contribution in [0.25, 0.3) is 0 Å². The number of sulfonamides is 1. The van der Waals surface area contributed by atoms with Crippen LogP contribution in [0.4, 0.5) is 10.1 Å². The fourth-order valence-electron chi connectivity index (χ4n) is 1.75. The minimum Gasteiger partial charge on any atom is -0.282 e. The summed E-state index contributed by atoms with van der Waals surface area (Å²) in [5.41, 5.74) is 0.665. The maximum Gasteiger partial charge on any atom is 0.237 e.